The lowest BCUT2D eigenvalue weighted by Gasteiger charge is -1.99. The van der Waals surface area contributed by atoms with Crippen molar-refractivity contribution in [3.05, 3.63) is 57.5 Å². The molecule has 1 amide bonds. The summed E-state index contributed by atoms with van der Waals surface area (Å²) in [4.78, 5) is 22.4. The van der Waals surface area contributed by atoms with Crippen molar-refractivity contribution in [2.75, 3.05) is 0 Å². The van der Waals surface area contributed by atoms with Gasteiger partial charge in [-0.3, -0.25) is 20.3 Å². The minimum absolute atomic E-state index is 0.0510. The van der Waals surface area contributed by atoms with Crippen LogP contribution in [0.25, 0.3) is 0 Å². The molecule has 0 aliphatic carbocycles. The van der Waals surface area contributed by atoms with Crippen molar-refractivity contribution in [3.63, 3.8) is 0 Å². The summed E-state index contributed by atoms with van der Waals surface area (Å²) >= 11 is 1.46. The fourth-order valence-corrected chi connectivity index (χ4v) is 2.52. The van der Waals surface area contributed by atoms with Gasteiger partial charge in [-0.1, -0.05) is 0 Å². The number of nitrogens with two attached hydrogens (primary N) is 1. The zero-order valence-electron chi connectivity index (χ0n) is 11.2. The second-order valence-electron chi connectivity index (χ2n) is 4.20. The maximum absolute atomic E-state index is 11.5. The molecule has 1 aromatic heterocycles. The van der Waals surface area contributed by atoms with Crippen LogP contribution in [0.2, 0.25) is 0 Å². The largest absolute Gasteiger partial charge is 0.465 e. The number of carbonyl (C=O) groups excluding carboxylic acids is 1. The first-order chi connectivity index (χ1) is 10.0. The van der Waals surface area contributed by atoms with Crippen molar-refractivity contribution >= 4 is 23.4 Å². The minimum atomic E-state index is -0.442. The van der Waals surface area contributed by atoms with Crippen molar-refractivity contribution in [1.82, 2.24) is 5.43 Å². The highest BCUT2D eigenvalue weighted by Crippen LogP contribution is 2.26. The predicted molar refractivity (Wildman–Crippen MR) is 77.8 cm³/mol. The number of hydrogen-bond donors (Lipinski definition) is 2. The number of carbonyl (C=O) groups is 1. The Balaban J connectivity index is 2.03. The highest BCUT2D eigenvalue weighted by atomic mass is 32.2. The molecule has 3 N–H and O–H groups in total. The molecule has 0 saturated heterocycles. The quantitative estimate of drug-likeness (QED) is 0.288. The van der Waals surface area contributed by atoms with E-state index in [4.69, 9.17) is 10.3 Å². The van der Waals surface area contributed by atoms with E-state index in [-0.39, 0.29) is 5.69 Å². The zero-order chi connectivity index (χ0) is 15.4. The van der Waals surface area contributed by atoms with Gasteiger partial charge in [0.05, 0.1) is 16.2 Å². The third-order valence-corrected chi connectivity index (χ3v) is 3.81. The molecule has 0 unspecified atom stereocenters. The average Bonchev–Trinajstić information content (AvgIpc) is 2.86. The van der Waals surface area contributed by atoms with E-state index in [2.05, 4.69) is 5.43 Å². The Labute approximate surface area is 124 Å². The number of aryl methyl sites for hydroxylation is 1. The number of amides is 1. The Morgan fingerprint density at radius 3 is 2.67 bits per heavy atom. The van der Waals surface area contributed by atoms with E-state index in [9.17, 15) is 14.9 Å². The number of nitrogens with one attached hydrogen (secondary N) is 1. The molecule has 7 nitrogen and oxygen atoms in total. The second kappa shape index (κ2) is 6.42. The standard InChI is InChI=1S/C13H13N3O4S/c1-8-12(13(17)15-14)6-10(20-8)7-21-11-4-2-9(3-5-11)16(18)19/h2-6H,7,14H2,1H3,(H,15,17). The van der Waals surface area contributed by atoms with E-state index in [0.29, 0.717) is 22.8 Å². The molecule has 0 aliphatic heterocycles. The van der Waals surface area contributed by atoms with Gasteiger partial charge in [0.15, 0.2) is 0 Å². The van der Waals surface area contributed by atoms with Gasteiger partial charge in [-0.05, 0) is 25.1 Å². The van der Waals surface area contributed by atoms with Crippen molar-refractivity contribution in [1.29, 1.82) is 0 Å². The van der Waals surface area contributed by atoms with E-state index in [1.807, 2.05) is 0 Å². The number of non-ortho nitro benzene ring substituents is 1. The molecule has 0 bridgehead atoms. The summed E-state index contributed by atoms with van der Waals surface area (Å²) in [6, 6.07) is 7.88. The highest BCUT2D eigenvalue weighted by Gasteiger charge is 2.14. The molecular formula is C13H13N3O4S. The summed E-state index contributed by atoms with van der Waals surface area (Å²) in [5.74, 6) is 6.33. The van der Waals surface area contributed by atoms with Crippen LogP contribution in [0.4, 0.5) is 5.69 Å². The second-order valence-corrected chi connectivity index (χ2v) is 5.24. The van der Waals surface area contributed by atoms with Gasteiger partial charge in [0.25, 0.3) is 11.6 Å². The van der Waals surface area contributed by atoms with E-state index >= 15 is 0 Å². The number of hydrazine groups is 1. The number of thioether (sulfide) groups is 1. The Bertz CT molecular complexity index is 667. The van der Waals surface area contributed by atoms with Gasteiger partial charge >= 0.3 is 0 Å². The van der Waals surface area contributed by atoms with Crippen LogP contribution in [-0.4, -0.2) is 10.8 Å². The molecule has 2 rings (SSSR count). The Kier molecular flexibility index (Phi) is 4.61. The first-order valence-electron chi connectivity index (χ1n) is 5.98. The first-order valence-corrected chi connectivity index (χ1v) is 6.97. The molecule has 2 aromatic rings. The molecule has 0 fully saturated rings. The van der Waals surface area contributed by atoms with Gasteiger partial charge < -0.3 is 4.42 Å². The summed E-state index contributed by atoms with van der Waals surface area (Å²) in [6.07, 6.45) is 0. The van der Waals surface area contributed by atoms with Crippen LogP contribution in [0.15, 0.2) is 39.6 Å². The van der Waals surface area contributed by atoms with E-state index < -0.39 is 10.8 Å². The number of nitrogens with zero attached hydrogens (tertiary/aromatic N) is 1. The smallest absolute Gasteiger partial charge is 0.269 e. The molecule has 1 aromatic carbocycles. The SMILES string of the molecule is Cc1oc(CSc2ccc([N+](=O)[O-])cc2)cc1C(=O)NN. The van der Waals surface area contributed by atoms with Gasteiger partial charge in [0, 0.05) is 17.0 Å². The van der Waals surface area contributed by atoms with Crippen LogP contribution in [-0.2, 0) is 5.75 Å². The van der Waals surface area contributed by atoms with Crippen molar-refractivity contribution in [3.8, 4) is 0 Å². The number of nitrogen functional groups attached to an aromatic ring is 1. The van der Waals surface area contributed by atoms with Crippen LogP contribution >= 0.6 is 11.8 Å². The lowest BCUT2D eigenvalue weighted by molar-refractivity contribution is -0.384. The maximum Gasteiger partial charge on any atom is 0.269 e. The highest BCUT2D eigenvalue weighted by molar-refractivity contribution is 7.98. The fraction of sp³-hybridized carbons (Fsp3) is 0.154. The number of nitro groups is 1. The Morgan fingerprint density at radius 1 is 1.43 bits per heavy atom. The predicted octanol–water partition coefficient (Wildman–Crippen LogP) is 2.39. The van der Waals surface area contributed by atoms with Gasteiger partial charge in [-0.2, -0.15) is 0 Å². The van der Waals surface area contributed by atoms with E-state index in [0.717, 1.165) is 4.90 Å². The monoisotopic (exact) mass is 307 g/mol. The topological polar surface area (TPSA) is 111 Å². The van der Waals surface area contributed by atoms with Gasteiger partial charge in [0.1, 0.15) is 11.5 Å². The third kappa shape index (κ3) is 3.61. The first kappa shape index (κ1) is 15.1. The van der Waals surface area contributed by atoms with Gasteiger partial charge in [0.2, 0.25) is 0 Å². The number of benzene rings is 1. The lowest BCUT2D eigenvalue weighted by atomic mass is 10.2. The number of furan rings is 1. The lowest BCUT2D eigenvalue weighted by Crippen LogP contribution is -2.30. The number of hydrogen-bond acceptors (Lipinski definition) is 6. The zero-order valence-corrected chi connectivity index (χ0v) is 12.0. The molecule has 0 saturated carbocycles. The van der Waals surface area contributed by atoms with E-state index in [1.54, 1.807) is 25.1 Å². The summed E-state index contributed by atoms with van der Waals surface area (Å²) < 4.78 is 5.48. The molecular weight excluding hydrogens is 294 g/mol. The number of rotatable bonds is 5. The van der Waals surface area contributed by atoms with Gasteiger partial charge in [-0.15, -0.1) is 11.8 Å². The summed E-state index contributed by atoms with van der Waals surface area (Å²) in [7, 11) is 0. The van der Waals surface area contributed by atoms with Crippen LogP contribution in [0.1, 0.15) is 21.9 Å². The van der Waals surface area contributed by atoms with Crippen LogP contribution in [0.3, 0.4) is 0 Å². The summed E-state index contributed by atoms with van der Waals surface area (Å²) in [5.41, 5.74) is 2.51. The van der Waals surface area contributed by atoms with Crippen LogP contribution < -0.4 is 11.3 Å². The van der Waals surface area contributed by atoms with Crippen LogP contribution in [0.5, 0.6) is 0 Å². The van der Waals surface area contributed by atoms with Crippen molar-refractivity contribution in [2.24, 2.45) is 5.84 Å². The van der Waals surface area contributed by atoms with Crippen molar-refractivity contribution in [2.45, 2.75) is 17.6 Å². The summed E-state index contributed by atoms with van der Waals surface area (Å²) in [6.45, 7) is 1.69. The average molecular weight is 307 g/mol. The molecule has 21 heavy (non-hydrogen) atoms. The Morgan fingerprint density at radius 2 is 2.10 bits per heavy atom. The molecule has 110 valence electrons. The molecule has 1 heterocycles. The normalized spacial score (nSPS) is 10.4. The molecule has 8 heteroatoms. The Hall–Kier alpha value is -2.32. The summed E-state index contributed by atoms with van der Waals surface area (Å²) in [5, 5.41) is 10.6. The van der Waals surface area contributed by atoms with Gasteiger partial charge in [-0.25, -0.2) is 5.84 Å². The number of nitro benzene ring substituents is 1. The maximum atomic E-state index is 11.5. The molecule has 0 aliphatic rings. The molecule has 0 atom stereocenters. The fourth-order valence-electron chi connectivity index (χ4n) is 1.74. The minimum Gasteiger partial charge on any atom is -0.465 e. The van der Waals surface area contributed by atoms with E-state index in [1.165, 1.54) is 23.9 Å². The van der Waals surface area contributed by atoms with Crippen molar-refractivity contribution < 1.29 is 14.1 Å². The van der Waals surface area contributed by atoms with Crippen LogP contribution in [0, 0.1) is 17.0 Å². The molecule has 0 radical (unpaired) electrons. The third-order valence-electron chi connectivity index (χ3n) is 2.77. The molecule has 0 spiro atoms.